The summed E-state index contributed by atoms with van der Waals surface area (Å²) in [5, 5.41) is 3.06. The molecule has 3 aromatic rings. The van der Waals surface area contributed by atoms with E-state index < -0.39 is 0 Å². The van der Waals surface area contributed by atoms with E-state index in [9.17, 15) is 4.39 Å². The summed E-state index contributed by atoms with van der Waals surface area (Å²) in [6, 6.07) is 21.4. The molecule has 0 atom stereocenters. The lowest BCUT2D eigenvalue weighted by atomic mass is 9.88. The number of nitrogens with one attached hydrogen (secondary N) is 1. The van der Waals surface area contributed by atoms with Gasteiger partial charge in [0.05, 0.1) is 0 Å². The van der Waals surface area contributed by atoms with Gasteiger partial charge in [-0.25, -0.2) is 4.39 Å². The maximum Gasteiger partial charge on any atom is 0.123 e. The van der Waals surface area contributed by atoms with Crippen LogP contribution in [0.25, 0.3) is 27.8 Å². The molecule has 0 radical (unpaired) electrons. The van der Waals surface area contributed by atoms with Gasteiger partial charge < -0.3 is 5.32 Å². The Balaban J connectivity index is 2.24. The Kier molecular flexibility index (Phi) is 5.33. The summed E-state index contributed by atoms with van der Waals surface area (Å²) < 4.78 is 13.4. The molecule has 0 bridgehead atoms. The second kappa shape index (κ2) is 7.83. The summed E-state index contributed by atoms with van der Waals surface area (Å²) in [7, 11) is 0. The van der Waals surface area contributed by atoms with Gasteiger partial charge in [-0.2, -0.15) is 0 Å². The first-order valence-corrected chi connectivity index (χ1v) is 8.60. The van der Waals surface area contributed by atoms with E-state index in [-0.39, 0.29) is 5.82 Å². The average molecular weight is 343 g/mol. The number of benzene rings is 3. The van der Waals surface area contributed by atoms with E-state index in [1.54, 1.807) is 6.20 Å². The van der Waals surface area contributed by atoms with Gasteiger partial charge in [-0.1, -0.05) is 66.7 Å². The molecular weight excluding hydrogens is 321 g/mol. The van der Waals surface area contributed by atoms with E-state index in [1.165, 1.54) is 17.7 Å². The van der Waals surface area contributed by atoms with Crippen molar-refractivity contribution < 1.29 is 4.39 Å². The van der Waals surface area contributed by atoms with Gasteiger partial charge in [-0.15, -0.1) is 0 Å². The first kappa shape index (κ1) is 17.7. The van der Waals surface area contributed by atoms with Gasteiger partial charge in [0, 0.05) is 6.20 Å². The number of allylic oxidation sites excluding steroid dienone is 1. The highest BCUT2D eigenvalue weighted by Gasteiger charge is 2.13. The van der Waals surface area contributed by atoms with E-state index in [2.05, 4.69) is 62.1 Å². The molecule has 0 unspecified atom stereocenters. The van der Waals surface area contributed by atoms with Crippen LogP contribution < -0.4 is 5.32 Å². The van der Waals surface area contributed by atoms with E-state index in [0.29, 0.717) is 0 Å². The Morgan fingerprint density at radius 2 is 1.42 bits per heavy atom. The number of hydrogen-bond donors (Lipinski definition) is 1. The molecule has 0 saturated carbocycles. The fourth-order valence-corrected chi connectivity index (χ4v) is 3.08. The van der Waals surface area contributed by atoms with Crippen LogP contribution in [0.3, 0.4) is 0 Å². The normalized spacial score (nSPS) is 11.3. The van der Waals surface area contributed by atoms with Gasteiger partial charge in [0.15, 0.2) is 0 Å². The second-order valence-corrected chi connectivity index (χ2v) is 6.30. The summed E-state index contributed by atoms with van der Waals surface area (Å²) in [6.45, 7) is 7.86. The van der Waals surface area contributed by atoms with Gasteiger partial charge >= 0.3 is 0 Å². The van der Waals surface area contributed by atoms with E-state index in [1.807, 2.05) is 24.4 Å². The quantitative estimate of drug-likeness (QED) is 0.553. The highest BCUT2D eigenvalue weighted by Crippen LogP contribution is 2.37. The summed E-state index contributed by atoms with van der Waals surface area (Å²) in [5.74, 6) is -0.231. The lowest BCUT2D eigenvalue weighted by Gasteiger charge is -2.17. The van der Waals surface area contributed by atoms with Crippen LogP contribution in [0.15, 0.2) is 85.7 Å². The van der Waals surface area contributed by atoms with Crippen LogP contribution in [-0.2, 0) is 0 Å². The van der Waals surface area contributed by atoms with Crippen molar-refractivity contribution in [3.8, 4) is 22.3 Å². The fraction of sp³-hybridized carbons (Fsp3) is 0.0833. The third kappa shape index (κ3) is 3.75. The molecule has 0 amide bonds. The summed E-state index contributed by atoms with van der Waals surface area (Å²) in [4.78, 5) is 0. The van der Waals surface area contributed by atoms with Crippen LogP contribution in [0, 0.1) is 12.7 Å². The topological polar surface area (TPSA) is 12.0 Å². The standard InChI is InChI=1S/C24H22FN/c1-4-26-16-18(3)24-22(19-10-8-17(2)9-11-19)6-5-7-23(24)20-12-14-21(25)15-13-20/h4-16,26H,1H2,2-3H3/b18-16-. The van der Waals surface area contributed by atoms with Crippen molar-refractivity contribution in [1.82, 2.24) is 5.32 Å². The van der Waals surface area contributed by atoms with Crippen molar-refractivity contribution in [1.29, 1.82) is 0 Å². The van der Waals surface area contributed by atoms with Crippen molar-refractivity contribution >= 4 is 5.57 Å². The zero-order valence-corrected chi connectivity index (χ0v) is 15.1. The number of halogens is 1. The Labute approximate surface area is 154 Å². The Bertz CT molecular complexity index is 871. The molecule has 0 spiro atoms. The second-order valence-electron chi connectivity index (χ2n) is 6.30. The minimum Gasteiger partial charge on any atom is -0.368 e. The minimum atomic E-state index is -0.231. The van der Waals surface area contributed by atoms with Crippen LogP contribution in [0.2, 0.25) is 0 Å². The van der Waals surface area contributed by atoms with Gasteiger partial charge in [0.1, 0.15) is 5.82 Å². The minimum absolute atomic E-state index is 0.231. The predicted octanol–water partition coefficient (Wildman–Crippen LogP) is 6.56. The van der Waals surface area contributed by atoms with Gasteiger partial charge in [0.25, 0.3) is 0 Å². The molecule has 0 aliphatic rings. The van der Waals surface area contributed by atoms with Crippen LogP contribution in [0.1, 0.15) is 18.1 Å². The summed E-state index contributed by atoms with van der Waals surface area (Å²) in [5.41, 5.74) is 7.79. The molecule has 130 valence electrons. The van der Waals surface area contributed by atoms with Crippen molar-refractivity contribution in [3.63, 3.8) is 0 Å². The highest BCUT2D eigenvalue weighted by atomic mass is 19.1. The van der Waals surface area contributed by atoms with Crippen molar-refractivity contribution in [2.45, 2.75) is 13.8 Å². The first-order valence-electron chi connectivity index (χ1n) is 8.60. The summed E-state index contributed by atoms with van der Waals surface area (Å²) in [6.07, 6.45) is 3.59. The van der Waals surface area contributed by atoms with Crippen LogP contribution in [-0.4, -0.2) is 0 Å². The smallest absolute Gasteiger partial charge is 0.123 e. The lowest BCUT2D eigenvalue weighted by Crippen LogP contribution is -1.97. The average Bonchev–Trinajstić information content (AvgIpc) is 2.67. The molecule has 0 aromatic heterocycles. The van der Waals surface area contributed by atoms with E-state index >= 15 is 0 Å². The van der Waals surface area contributed by atoms with E-state index in [4.69, 9.17) is 0 Å². The number of hydrogen-bond acceptors (Lipinski definition) is 1. The van der Waals surface area contributed by atoms with Gasteiger partial charge in [0.2, 0.25) is 0 Å². The SMILES string of the molecule is C=CN/C=C(/C)c1c(-c2ccc(C)cc2)cccc1-c1ccc(F)cc1. The molecule has 1 nitrogen and oxygen atoms in total. The molecule has 3 rings (SSSR count). The summed E-state index contributed by atoms with van der Waals surface area (Å²) >= 11 is 0. The molecular formula is C24H22FN. The molecule has 0 aliphatic carbocycles. The van der Waals surface area contributed by atoms with Crippen molar-refractivity contribution in [2.75, 3.05) is 0 Å². The molecule has 1 N–H and O–H groups in total. The molecule has 0 saturated heterocycles. The fourth-order valence-electron chi connectivity index (χ4n) is 3.08. The third-order valence-electron chi connectivity index (χ3n) is 4.39. The van der Waals surface area contributed by atoms with Crippen LogP contribution >= 0.6 is 0 Å². The molecule has 0 aliphatic heterocycles. The lowest BCUT2D eigenvalue weighted by molar-refractivity contribution is 0.628. The Morgan fingerprint density at radius 3 is 1.96 bits per heavy atom. The zero-order valence-electron chi connectivity index (χ0n) is 15.1. The maximum atomic E-state index is 13.4. The van der Waals surface area contributed by atoms with Gasteiger partial charge in [-0.05, 0) is 65.6 Å². The van der Waals surface area contributed by atoms with Gasteiger partial charge in [-0.3, -0.25) is 0 Å². The first-order chi connectivity index (χ1) is 12.6. The number of aryl methyl sites for hydroxylation is 1. The molecule has 0 fully saturated rings. The Morgan fingerprint density at radius 1 is 0.885 bits per heavy atom. The molecule has 0 heterocycles. The zero-order chi connectivity index (χ0) is 18.5. The largest absolute Gasteiger partial charge is 0.368 e. The monoisotopic (exact) mass is 343 g/mol. The Hall–Kier alpha value is -3.13. The highest BCUT2D eigenvalue weighted by molar-refractivity contribution is 5.90. The maximum absolute atomic E-state index is 13.4. The third-order valence-corrected chi connectivity index (χ3v) is 4.39. The number of rotatable bonds is 5. The molecule has 26 heavy (non-hydrogen) atoms. The van der Waals surface area contributed by atoms with E-state index in [0.717, 1.165) is 33.4 Å². The van der Waals surface area contributed by atoms with Crippen molar-refractivity contribution in [2.24, 2.45) is 0 Å². The van der Waals surface area contributed by atoms with Crippen molar-refractivity contribution in [3.05, 3.63) is 103 Å². The predicted molar refractivity (Wildman–Crippen MR) is 109 cm³/mol. The molecule has 2 heteroatoms. The van der Waals surface area contributed by atoms with Crippen LogP contribution in [0.5, 0.6) is 0 Å². The van der Waals surface area contributed by atoms with Crippen LogP contribution in [0.4, 0.5) is 4.39 Å². The molecule has 3 aromatic carbocycles.